The van der Waals surface area contributed by atoms with Crippen molar-refractivity contribution in [2.24, 2.45) is 5.10 Å². The van der Waals surface area contributed by atoms with E-state index in [1.54, 1.807) is 31.2 Å². The smallest absolute Gasteiger partial charge is 0.387 e. The number of ether oxygens (including phenoxy) is 1. The monoisotopic (exact) mass is 312 g/mol. The number of aromatic nitrogens is 2. The van der Waals surface area contributed by atoms with E-state index in [0.717, 1.165) is 5.56 Å². The lowest BCUT2D eigenvalue weighted by atomic mass is 10.1. The van der Waals surface area contributed by atoms with Gasteiger partial charge < -0.3 is 4.74 Å². The standard InChI is InChI=1S/C13H11ClF2N4O/c1-8(17-19-12-7-6-11(14)18-20-12)9-2-4-10(5-3-9)21-13(15)16/h2-7,13H,1H3,(H,19,20)/b17-8+. The molecule has 0 fully saturated rings. The van der Waals surface area contributed by atoms with E-state index in [1.165, 1.54) is 12.1 Å². The van der Waals surface area contributed by atoms with Crippen LogP contribution in [-0.2, 0) is 0 Å². The van der Waals surface area contributed by atoms with Crippen LogP contribution in [0, 0.1) is 0 Å². The minimum Gasteiger partial charge on any atom is -0.435 e. The number of benzene rings is 1. The maximum atomic E-state index is 12.0. The summed E-state index contributed by atoms with van der Waals surface area (Å²) in [4.78, 5) is 0. The van der Waals surface area contributed by atoms with Gasteiger partial charge in [0.15, 0.2) is 11.0 Å². The molecule has 1 aromatic carbocycles. The van der Waals surface area contributed by atoms with Crippen LogP contribution >= 0.6 is 11.6 Å². The number of anilines is 1. The molecule has 0 atom stereocenters. The second-order valence-corrected chi connectivity index (χ2v) is 4.34. The SMILES string of the molecule is C/C(=N\Nc1ccc(Cl)nn1)c1ccc(OC(F)F)cc1. The van der Waals surface area contributed by atoms with Gasteiger partial charge in [-0.05, 0) is 48.9 Å². The van der Waals surface area contributed by atoms with Crippen molar-refractivity contribution in [3.8, 4) is 5.75 Å². The van der Waals surface area contributed by atoms with Crippen molar-refractivity contribution in [1.29, 1.82) is 0 Å². The highest BCUT2D eigenvalue weighted by Crippen LogP contribution is 2.15. The first-order chi connectivity index (χ1) is 10.0. The minimum absolute atomic E-state index is 0.0954. The zero-order valence-electron chi connectivity index (χ0n) is 10.9. The van der Waals surface area contributed by atoms with Crippen LogP contribution in [0.3, 0.4) is 0 Å². The van der Waals surface area contributed by atoms with E-state index in [4.69, 9.17) is 11.6 Å². The number of hydrogen-bond acceptors (Lipinski definition) is 5. The van der Waals surface area contributed by atoms with E-state index in [9.17, 15) is 8.78 Å². The summed E-state index contributed by atoms with van der Waals surface area (Å²) < 4.78 is 28.3. The van der Waals surface area contributed by atoms with Crippen LogP contribution in [0.4, 0.5) is 14.6 Å². The molecule has 21 heavy (non-hydrogen) atoms. The van der Waals surface area contributed by atoms with Crippen molar-refractivity contribution in [2.75, 3.05) is 5.43 Å². The third kappa shape index (κ3) is 4.64. The largest absolute Gasteiger partial charge is 0.435 e. The number of hydrazone groups is 1. The highest BCUT2D eigenvalue weighted by Gasteiger charge is 2.04. The molecule has 0 saturated carbocycles. The van der Waals surface area contributed by atoms with Gasteiger partial charge >= 0.3 is 6.61 Å². The number of nitrogens with zero attached hydrogens (tertiary/aromatic N) is 3. The van der Waals surface area contributed by atoms with E-state index < -0.39 is 6.61 Å². The van der Waals surface area contributed by atoms with Crippen LogP contribution < -0.4 is 10.2 Å². The van der Waals surface area contributed by atoms with Gasteiger partial charge in [-0.1, -0.05) is 11.6 Å². The fourth-order valence-electron chi connectivity index (χ4n) is 1.46. The molecule has 1 N–H and O–H groups in total. The highest BCUT2D eigenvalue weighted by molar-refractivity contribution is 6.29. The van der Waals surface area contributed by atoms with Crippen LogP contribution in [0.5, 0.6) is 5.75 Å². The van der Waals surface area contributed by atoms with Crippen molar-refractivity contribution in [1.82, 2.24) is 10.2 Å². The first-order valence-corrected chi connectivity index (χ1v) is 6.27. The molecule has 0 amide bonds. The van der Waals surface area contributed by atoms with E-state index in [0.29, 0.717) is 11.5 Å². The Hall–Kier alpha value is -2.28. The summed E-state index contributed by atoms with van der Waals surface area (Å²) in [5.74, 6) is 0.537. The maximum Gasteiger partial charge on any atom is 0.387 e. The molecule has 0 saturated heterocycles. The Morgan fingerprint density at radius 2 is 1.90 bits per heavy atom. The fraction of sp³-hybridized carbons (Fsp3) is 0.154. The Morgan fingerprint density at radius 3 is 2.48 bits per heavy atom. The Labute approximate surface area is 124 Å². The molecule has 0 aliphatic rings. The predicted molar refractivity (Wildman–Crippen MR) is 75.9 cm³/mol. The summed E-state index contributed by atoms with van der Waals surface area (Å²) >= 11 is 5.62. The zero-order valence-corrected chi connectivity index (χ0v) is 11.7. The summed E-state index contributed by atoms with van der Waals surface area (Å²) in [6.07, 6.45) is 0. The number of halogens is 3. The average Bonchev–Trinajstić information content (AvgIpc) is 2.46. The molecule has 0 aliphatic heterocycles. The van der Waals surface area contributed by atoms with Gasteiger partial charge in [0.25, 0.3) is 0 Å². The molecule has 8 heteroatoms. The number of alkyl halides is 2. The van der Waals surface area contributed by atoms with Crippen LogP contribution in [-0.4, -0.2) is 22.5 Å². The molecule has 0 spiro atoms. The van der Waals surface area contributed by atoms with Crippen LogP contribution in [0.2, 0.25) is 5.15 Å². The van der Waals surface area contributed by atoms with Gasteiger partial charge in [-0.25, -0.2) is 0 Å². The number of nitrogens with one attached hydrogen (secondary N) is 1. The number of rotatable bonds is 5. The lowest BCUT2D eigenvalue weighted by Crippen LogP contribution is -2.03. The van der Waals surface area contributed by atoms with Crippen molar-refractivity contribution in [3.05, 3.63) is 47.1 Å². The molecule has 1 heterocycles. The average molecular weight is 313 g/mol. The lowest BCUT2D eigenvalue weighted by molar-refractivity contribution is -0.0498. The van der Waals surface area contributed by atoms with Gasteiger partial charge in [-0.3, -0.25) is 5.43 Å². The van der Waals surface area contributed by atoms with Crippen LogP contribution in [0.1, 0.15) is 12.5 Å². The third-order valence-electron chi connectivity index (χ3n) is 2.47. The summed E-state index contributed by atoms with van der Waals surface area (Å²) in [6, 6.07) is 9.37. The second kappa shape index (κ2) is 6.94. The molecule has 2 aromatic rings. The molecule has 0 radical (unpaired) electrons. The van der Waals surface area contributed by atoms with Gasteiger partial charge in [0.2, 0.25) is 0 Å². The summed E-state index contributed by atoms with van der Waals surface area (Å²) in [5.41, 5.74) is 4.13. The molecule has 0 unspecified atom stereocenters. The van der Waals surface area contributed by atoms with E-state index >= 15 is 0 Å². The highest BCUT2D eigenvalue weighted by atomic mass is 35.5. The summed E-state index contributed by atoms with van der Waals surface area (Å²) in [6.45, 7) is -1.07. The van der Waals surface area contributed by atoms with Crippen molar-refractivity contribution in [2.45, 2.75) is 13.5 Å². The topological polar surface area (TPSA) is 59.4 Å². The molecular weight excluding hydrogens is 302 g/mol. The molecule has 110 valence electrons. The molecule has 0 bridgehead atoms. The number of hydrogen-bond donors (Lipinski definition) is 1. The Kier molecular flexibility index (Phi) is 4.99. The summed E-state index contributed by atoms with van der Waals surface area (Å²) in [5, 5.41) is 11.9. The molecule has 0 aliphatic carbocycles. The van der Waals surface area contributed by atoms with Crippen LogP contribution in [0.25, 0.3) is 0 Å². The maximum absolute atomic E-state index is 12.0. The Balaban J connectivity index is 2.03. The lowest BCUT2D eigenvalue weighted by Gasteiger charge is -2.06. The molecule has 2 rings (SSSR count). The fourth-order valence-corrected chi connectivity index (χ4v) is 1.56. The molecule has 5 nitrogen and oxygen atoms in total. The van der Waals surface area contributed by atoms with E-state index in [1.807, 2.05) is 0 Å². The predicted octanol–water partition coefficient (Wildman–Crippen LogP) is 3.57. The second-order valence-electron chi connectivity index (χ2n) is 3.95. The Morgan fingerprint density at radius 1 is 1.19 bits per heavy atom. The van der Waals surface area contributed by atoms with Gasteiger partial charge in [-0.15, -0.1) is 10.2 Å². The van der Waals surface area contributed by atoms with Crippen molar-refractivity contribution in [3.63, 3.8) is 0 Å². The minimum atomic E-state index is -2.84. The summed E-state index contributed by atoms with van der Waals surface area (Å²) in [7, 11) is 0. The first-order valence-electron chi connectivity index (χ1n) is 5.89. The van der Waals surface area contributed by atoms with E-state index in [2.05, 4.69) is 25.5 Å². The van der Waals surface area contributed by atoms with Gasteiger partial charge in [-0.2, -0.15) is 13.9 Å². The molecule has 1 aromatic heterocycles. The zero-order chi connectivity index (χ0) is 15.2. The normalized spacial score (nSPS) is 11.6. The quantitative estimate of drug-likeness (QED) is 0.677. The molecular formula is C13H11ClF2N4O. The van der Waals surface area contributed by atoms with Crippen molar-refractivity contribution >= 4 is 23.1 Å². The Bertz CT molecular complexity index is 617. The van der Waals surface area contributed by atoms with E-state index in [-0.39, 0.29) is 10.9 Å². The van der Waals surface area contributed by atoms with Crippen molar-refractivity contribution < 1.29 is 13.5 Å². The van der Waals surface area contributed by atoms with Gasteiger partial charge in [0.05, 0.1) is 5.71 Å². The third-order valence-corrected chi connectivity index (χ3v) is 2.67. The van der Waals surface area contributed by atoms with Gasteiger partial charge in [0.1, 0.15) is 5.75 Å². The van der Waals surface area contributed by atoms with Crippen LogP contribution in [0.15, 0.2) is 41.5 Å². The first kappa shape index (κ1) is 15.1. The van der Waals surface area contributed by atoms with Gasteiger partial charge in [0, 0.05) is 0 Å².